The van der Waals surface area contributed by atoms with Gasteiger partial charge in [-0.25, -0.2) is 4.79 Å². The average molecular weight is 469 g/mol. The fraction of sp³-hybridized carbons (Fsp3) is 0.280. The van der Waals surface area contributed by atoms with Gasteiger partial charge in [-0.3, -0.25) is 9.59 Å². The zero-order valence-corrected chi connectivity index (χ0v) is 19.7. The molecule has 0 spiro atoms. The summed E-state index contributed by atoms with van der Waals surface area (Å²) in [5.41, 5.74) is 0.518. The van der Waals surface area contributed by atoms with Crippen molar-refractivity contribution < 1.29 is 23.7 Å². The Labute approximate surface area is 198 Å². The maximum Gasteiger partial charge on any atom is 0.411 e. The zero-order chi connectivity index (χ0) is 24.2. The molecule has 3 amide bonds. The molecule has 33 heavy (non-hydrogen) atoms. The molecular weight excluding hydrogens is 442 g/mol. The standard InChI is InChI=1S/C25H26ClN3O4/c1-5-22(30)29-15-14-28(16-17(29)2)24(32)25(3,19-8-10-20(26)11-9-19)33-21-12-6-18(7-13-21)23(31)27-4/h5-13H,1,14-16H2,2-4H3/p+1. The topological polar surface area (TPSA) is 78.7 Å². The van der Waals surface area contributed by atoms with Gasteiger partial charge in [0.15, 0.2) is 12.3 Å². The number of hydrogen-bond acceptors (Lipinski definition) is 4. The third-order valence-electron chi connectivity index (χ3n) is 5.67. The first-order valence-electron chi connectivity index (χ1n) is 10.5. The maximum atomic E-state index is 13.8. The molecule has 0 saturated heterocycles. The van der Waals surface area contributed by atoms with Crippen molar-refractivity contribution in [3.05, 3.63) is 77.3 Å². The summed E-state index contributed by atoms with van der Waals surface area (Å²) in [5, 5.41) is 3.12. The fourth-order valence-corrected chi connectivity index (χ4v) is 3.91. The van der Waals surface area contributed by atoms with E-state index in [2.05, 4.69) is 11.9 Å². The van der Waals surface area contributed by atoms with Crippen molar-refractivity contribution in [1.82, 2.24) is 10.2 Å². The summed E-state index contributed by atoms with van der Waals surface area (Å²) in [6, 6.07) is 13.5. The molecule has 1 N–H and O–H groups in total. The van der Waals surface area contributed by atoms with Crippen LogP contribution in [0.1, 0.15) is 29.8 Å². The third kappa shape index (κ3) is 5.14. The Balaban J connectivity index is 1.94. The molecule has 8 heteroatoms. The molecule has 7 nitrogen and oxygen atoms in total. The van der Waals surface area contributed by atoms with E-state index in [0.717, 1.165) is 5.71 Å². The number of hydrogen-bond donors (Lipinski definition) is 1. The highest BCUT2D eigenvalue weighted by atomic mass is 35.5. The van der Waals surface area contributed by atoms with E-state index in [1.807, 2.05) is 6.92 Å². The summed E-state index contributed by atoms with van der Waals surface area (Å²) in [7, 11) is 1.56. The Kier molecular flexibility index (Phi) is 7.33. The molecule has 2 aromatic rings. The van der Waals surface area contributed by atoms with Crippen LogP contribution in [0.15, 0.2) is 61.2 Å². The van der Waals surface area contributed by atoms with Gasteiger partial charge >= 0.3 is 5.91 Å². The van der Waals surface area contributed by atoms with Crippen LogP contribution in [0.4, 0.5) is 0 Å². The quantitative estimate of drug-likeness (QED) is 0.522. The molecular formula is C25H27ClN3O4+. The molecule has 1 atom stereocenters. The number of rotatable bonds is 6. The zero-order valence-electron chi connectivity index (χ0n) is 18.9. The number of nitrogens with zero attached hydrogens (tertiary/aromatic N) is 2. The Bertz CT molecular complexity index is 1110. The number of ether oxygens (including phenoxy) is 1. The van der Waals surface area contributed by atoms with Gasteiger partial charge in [-0.05, 0) is 43.3 Å². The molecule has 0 radical (unpaired) electrons. The van der Waals surface area contributed by atoms with Crippen LogP contribution in [-0.4, -0.2) is 59.6 Å². The summed E-state index contributed by atoms with van der Waals surface area (Å²) in [6.45, 7) is 8.09. The first-order chi connectivity index (χ1) is 15.7. The molecule has 0 saturated carbocycles. The Morgan fingerprint density at radius 2 is 1.79 bits per heavy atom. The number of carbonyl (C=O) groups excluding carboxylic acids is 3. The minimum atomic E-state index is -1.36. The fourth-order valence-electron chi connectivity index (χ4n) is 3.78. The van der Waals surface area contributed by atoms with Crippen LogP contribution in [0, 0.1) is 0 Å². The summed E-state index contributed by atoms with van der Waals surface area (Å²) < 4.78 is 7.89. The van der Waals surface area contributed by atoms with Gasteiger partial charge in [0.05, 0.1) is 6.54 Å². The van der Waals surface area contributed by atoms with Crippen molar-refractivity contribution in [2.75, 3.05) is 26.7 Å². The van der Waals surface area contributed by atoms with Gasteiger partial charge in [-0.1, -0.05) is 30.3 Å². The highest BCUT2D eigenvalue weighted by Crippen LogP contribution is 2.32. The minimum Gasteiger partial charge on any atom is -0.473 e. The minimum absolute atomic E-state index is 0.187. The molecule has 0 aliphatic carbocycles. The highest BCUT2D eigenvalue weighted by Gasteiger charge is 2.43. The normalized spacial score (nSPS) is 15.5. The SMILES string of the molecule is C=CC(=O)[N+]1=C(C)CN(C(=O)C(C)(Oc2ccc(C(=O)NC)cc2)c2ccc(Cl)cc2)CC1. The van der Waals surface area contributed by atoms with E-state index >= 15 is 0 Å². The lowest BCUT2D eigenvalue weighted by molar-refractivity contribution is -0.451. The van der Waals surface area contributed by atoms with Crippen molar-refractivity contribution in [3.63, 3.8) is 0 Å². The number of nitrogens with one attached hydrogen (secondary N) is 1. The van der Waals surface area contributed by atoms with Crippen molar-refractivity contribution in [3.8, 4) is 5.75 Å². The Morgan fingerprint density at radius 3 is 2.33 bits per heavy atom. The van der Waals surface area contributed by atoms with Crippen molar-refractivity contribution in [1.29, 1.82) is 0 Å². The van der Waals surface area contributed by atoms with Crippen molar-refractivity contribution in [2.45, 2.75) is 19.4 Å². The monoisotopic (exact) mass is 468 g/mol. The maximum absolute atomic E-state index is 13.8. The van der Waals surface area contributed by atoms with Crippen LogP contribution in [0.5, 0.6) is 5.75 Å². The van der Waals surface area contributed by atoms with Crippen LogP contribution < -0.4 is 10.1 Å². The lowest BCUT2D eigenvalue weighted by atomic mass is 9.93. The van der Waals surface area contributed by atoms with E-state index < -0.39 is 5.60 Å². The van der Waals surface area contributed by atoms with Gasteiger partial charge in [0, 0.05) is 36.2 Å². The second kappa shape index (κ2) is 10.0. The summed E-state index contributed by atoms with van der Waals surface area (Å²) in [6.07, 6.45) is 1.27. The Morgan fingerprint density at radius 1 is 1.15 bits per heavy atom. The van der Waals surface area contributed by atoms with E-state index in [9.17, 15) is 14.4 Å². The van der Waals surface area contributed by atoms with E-state index in [-0.39, 0.29) is 17.7 Å². The van der Waals surface area contributed by atoms with Gasteiger partial charge in [0.2, 0.25) is 5.60 Å². The predicted molar refractivity (Wildman–Crippen MR) is 127 cm³/mol. The molecule has 0 bridgehead atoms. The summed E-state index contributed by atoms with van der Waals surface area (Å²) >= 11 is 6.07. The lowest BCUT2D eigenvalue weighted by Crippen LogP contribution is -2.55. The molecule has 172 valence electrons. The molecule has 1 unspecified atom stereocenters. The molecule has 3 rings (SSSR count). The van der Waals surface area contributed by atoms with Gasteiger partial charge < -0.3 is 15.0 Å². The number of benzene rings is 2. The second-order valence-corrected chi connectivity index (χ2v) is 8.34. The van der Waals surface area contributed by atoms with Crippen molar-refractivity contribution >= 4 is 35.0 Å². The largest absolute Gasteiger partial charge is 0.473 e. The molecule has 1 aliphatic rings. The second-order valence-electron chi connectivity index (χ2n) is 7.90. The molecule has 0 fully saturated rings. The third-order valence-corrected chi connectivity index (χ3v) is 5.92. The Hall–Kier alpha value is -3.45. The van der Waals surface area contributed by atoms with E-state index in [1.165, 1.54) is 6.08 Å². The molecule has 0 aromatic heterocycles. The van der Waals surface area contributed by atoms with E-state index in [1.54, 1.807) is 72.0 Å². The van der Waals surface area contributed by atoms with Crippen LogP contribution in [0.2, 0.25) is 5.02 Å². The van der Waals surface area contributed by atoms with Crippen LogP contribution >= 0.6 is 11.6 Å². The average Bonchev–Trinajstić information content (AvgIpc) is 2.83. The first kappa shape index (κ1) is 24.2. The lowest BCUT2D eigenvalue weighted by Gasteiger charge is -2.36. The van der Waals surface area contributed by atoms with Crippen molar-refractivity contribution in [2.24, 2.45) is 0 Å². The number of halogens is 1. The molecule has 1 heterocycles. The number of amides is 3. The van der Waals surface area contributed by atoms with Gasteiger partial charge in [-0.2, -0.15) is 4.58 Å². The van der Waals surface area contributed by atoms with E-state index in [4.69, 9.17) is 16.3 Å². The van der Waals surface area contributed by atoms with Crippen LogP contribution in [-0.2, 0) is 15.2 Å². The predicted octanol–water partition coefficient (Wildman–Crippen LogP) is 3.02. The van der Waals surface area contributed by atoms with Gasteiger partial charge in [-0.15, -0.1) is 0 Å². The summed E-state index contributed by atoms with van der Waals surface area (Å²) in [5.74, 6) is -0.205. The highest BCUT2D eigenvalue weighted by molar-refractivity contribution is 6.30. The molecule has 1 aliphatic heterocycles. The van der Waals surface area contributed by atoms with Crippen LogP contribution in [0.3, 0.4) is 0 Å². The van der Waals surface area contributed by atoms with E-state index in [0.29, 0.717) is 41.5 Å². The summed E-state index contributed by atoms with van der Waals surface area (Å²) in [4.78, 5) is 39.4. The van der Waals surface area contributed by atoms with Gasteiger partial charge in [0.1, 0.15) is 12.3 Å². The van der Waals surface area contributed by atoms with Gasteiger partial charge in [0.25, 0.3) is 11.8 Å². The number of carbonyl (C=O) groups is 3. The smallest absolute Gasteiger partial charge is 0.411 e. The molecule has 2 aromatic carbocycles. The first-order valence-corrected chi connectivity index (χ1v) is 10.9. The van der Waals surface area contributed by atoms with Crippen LogP contribution in [0.25, 0.3) is 0 Å².